The summed E-state index contributed by atoms with van der Waals surface area (Å²) in [6, 6.07) is 9.57. The first-order valence-electron chi connectivity index (χ1n) is 6.72. The molecule has 0 unspecified atom stereocenters. The Kier molecular flexibility index (Phi) is 5.98. The lowest BCUT2D eigenvalue weighted by atomic mass is 10.2. The summed E-state index contributed by atoms with van der Waals surface area (Å²) >= 11 is 0. The molecule has 3 N–H and O–H groups in total. The Labute approximate surface area is 120 Å². The molecule has 0 aliphatic carbocycles. The molecule has 0 spiro atoms. The van der Waals surface area contributed by atoms with E-state index in [0.717, 1.165) is 5.56 Å². The molecule has 0 aliphatic rings. The fourth-order valence-corrected chi connectivity index (χ4v) is 1.66. The first kappa shape index (κ1) is 16.5. The van der Waals surface area contributed by atoms with Gasteiger partial charge in [-0.1, -0.05) is 30.3 Å². The maximum atomic E-state index is 12.2. The Balaban J connectivity index is 2.77. The molecule has 1 amide bonds. The molecule has 0 fully saturated rings. The zero-order valence-electron chi connectivity index (χ0n) is 12.4. The molecule has 1 aromatic rings. The van der Waals surface area contributed by atoms with Gasteiger partial charge in [-0.25, -0.2) is 4.79 Å². The molecule has 0 saturated heterocycles. The number of aliphatic hydroxyl groups is 1. The Morgan fingerprint density at radius 2 is 1.95 bits per heavy atom. The van der Waals surface area contributed by atoms with E-state index >= 15 is 0 Å². The van der Waals surface area contributed by atoms with E-state index in [1.807, 2.05) is 51.1 Å². The van der Waals surface area contributed by atoms with Crippen LogP contribution < -0.4 is 5.73 Å². The SMILES string of the molecule is CC(C)(C)OC(=O)N(Cc1ccccc1)C[C@@H](O)CN. The number of hydrogen-bond acceptors (Lipinski definition) is 4. The monoisotopic (exact) mass is 280 g/mol. The van der Waals surface area contributed by atoms with Crippen LogP contribution in [0.25, 0.3) is 0 Å². The van der Waals surface area contributed by atoms with Crippen LogP contribution in [0.2, 0.25) is 0 Å². The average Bonchev–Trinajstić information content (AvgIpc) is 2.37. The highest BCUT2D eigenvalue weighted by molar-refractivity contribution is 5.68. The van der Waals surface area contributed by atoms with E-state index < -0.39 is 17.8 Å². The minimum absolute atomic E-state index is 0.105. The predicted octanol–water partition coefficient (Wildman–Crippen LogP) is 1.74. The van der Waals surface area contributed by atoms with Crippen molar-refractivity contribution in [1.82, 2.24) is 4.90 Å². The molecular formula is C15H24N2O3. The second kappa shape index (κ2) is 7.26. The van der Waals surface area contributed by atoms with Crippen molar-refractivity contribution >= 4 is 6.09 Å². The summed E-state index contributed by atoms with van der Waals surface area (Å²) in [6.45, 7) is 6.07. The minimum Gasteiger partial charge on any atom is -0.444 e. The maximum Gasteiger partial charge on any atom is 0.410 e. The summed E-state index contributed by atoms with van der Waals surface area (Å²) in [6.07, 6.45) is -1.21. The van der Waals surface area contributed by atoms with Crippen molar-refractivity contribution in [3.63, 3.8) is 0 Å². The second-order valence-electron chi connectivity index (χ2n) is 5.74. The third-order valence-corrected chi connectivity index (χ3v) is 2.57. The standard InChI is InChI=1S/C15H24N2O3/c1-15(2,3)20-14(19)17(11-13(18)9-16)10-12-7-5-4-6-8-12/h4-8,13,18H,9-11,16H2,1-3H3/t13-/m0/s1. The minimum atomic E-state index is -0.758. The van der Waals surface area contributed by atoms with Gasteiger partial charge in [-0.3, -0.25) is 0 Å². The number of hydrogen-bond donors (Lipinski definition) is 2. The summed E-state index contributed by atoms with van der Waals surface area (Å²) in [7, 11) is 0. The van der Waals surface area contributed by atoms with Crippen molar-refractivity contribution in [2.75, 3.05) is 13.1 Å². The van der Waals surface area contributed by atoms with Crippen molar-refractivity contribution in [2.45, 2.75) is 39.0 Å². The van der Waals surface area contributed by atoms with Gasteiger partial charge in [-0.2, -0.15) is 0 Å². The summed E-state index contributed by atoms with van der Waals surface area (Å²) in [5.74, 6) is 0. The number of rotatable bonds is 5. The van der Waals surface area contributed by atoms with Crippen LogP contribution in [0.5, 0.6) is 0 Å². The Hall–Kier alpha value is -1.59. The van der Waals surface area contributed by atoms with Crippen LogP contribution in [0.4, 0.5) is 4.79 Å². The molecule has 0 heterocycles. The van der Waals surface area contributed by atoms with Gasteiger partial charge in [-0.15, -0.1) is 0 Å². The van der Waals surface area contributed by atoms with Crippen molar-refractivity contribution in [1.29, 1.82) is 0 Å². The number of carbonyl (C=O) groups excluding carboxylic acids is 1. The number of amides is 1. The van der Waals surface area contributed by atoms with Crippen molar-refractivity contribution in [2.24, 2.45) is 5.73 Å². The lowest BCUT2D eigenvalue weighted by Gasteiger charge is -2.28. The quantitative estimate of drug-likeness (QED) is 0.861. The van der Waals surface area contributed by atoms with Crippen molar-refractivity contribution in [3.05, 3.63) is 35.9 Å². The molecule has 0 aliphatic heterocycles. The summed E-state index contributed by atoms with van der Waals surface area (Å²) in [5, 5.41) is 9.68. The van der Waals surface area contributed by atoms with Gasteiger partial charge in [0.05, 0.1) is 12.6 Å². The normalized spacial score (nSPS) is 12.8. The lowest BCUT2D eigenvalue weighted by Crippen LogP contribution is -2.42. The fraction of sp³-hybridized carbons (Fsp3) is 0.533. The molecule has 0 saturated carbocycles. The predicted molar refractivity (Wildman–Crippen MR) is 78.1 cm³/mol. The first-order valence-corrected chi connectivity index (χ1v) is 6.72. The topological polar surface area (TPSA) is 75.8 Å². The number of ether oxygens (including phenoxy) is 1. The van der Waals surface area contributed by atoms with Crippen LogP contribution >= 0.6 is 0 Å². The largest absolute Gasteiger partial charge is 0.444 e. The Morgan fingerprint density at radius 1 is 1.35 bits per heavy atom. The molecule has 1 rings (SSSR count). The summed E-state index contributed by atoms with van der Waals surface area (Å²) in [5.41, 5.74) is 5.82. The molecule has 5 nitrogen and oxygen atoms in total. The van der Waals surface area contributed by atoms with Crippen molar-refractivity contribution in [3.8, 4) is 0 Å². The number of benzene rings is 1. The Bertz CT molecular complexity index is 415. The maximum absolute atomic E-state index is 12.2. The van der Waals surface area contributed by atoms with Crippen LogP contribution in [0.15, 0.2) is 30.3 Å². The van der Waals surface area contributed by atoms with E-state index in [2.05, 4.69) is 0 Å². The van der Waals surface area contributed by atoms with Crippen LogP contribution in [-0.4, -0.2) is 40.9 Å². The average molecular weight is 280 g/mol. The smallest absolute Gasteiger partial charge is 0.410 e. The van der Waals surface area contributed by atoms with Gasteiger partial charge in [0, 0.05) is 13.1 Å². The van der Waals surface area contributed by atoms with Crippen LogP contribution in [0.3, 0.4) is 0 Å². The van der Waals surface area contributed by atoms with Gasteiger partial charge in [0.1, 0.15) is 5.60 Å². The molecule has 1 aromatic carbocycles. The molecule has 1 atom stereocenters. The molecule has 0 aromatic heterocycles. The van der Waals surface area contributed by atoms with Crippen molar-refractivity contribution < 1.29 is 14.6 Å². The van der Waals surface area contributed by atoms with E-state index in [0.29, 0.717) is 6.54 Å². The van der Waals surface area contributed by atoms with Crippen LogP contribution in [0.1, 0.15) is 26.3 Å². The first-order chi connectivity index (χ1) is 9.31. The number of nitrogens with zero attached hydrogens (tertiary/aromatic N) is 1. The summed E-state index contributed by atoms with van der Waals surface area (Å²) < 4.78 is 5.35. The van der Waals surface area contributed by atoms with Gasteiger partial charge in [-0.05, 0) is 26.3 Å². The third-order valence-electron chi connectivity index (χ3n) is 2.57. The lowest BCUT2D eigenvalue weighted by molar-refractivity contribution is 0.0135. The van der Waals surface area contributed by atoms with Crippen LogP contribution in [0, 0.1) is 0 Å². The van der Waals surface area contributed by atoms with E-state index in [-0.39, 0.29) is 13.1 Å². The molecule has 0 bridgehead atoms. The molecule has 0 radical (unpaired) electrons. The van der Waals surface area contributed by atoms with Gasteiger partial charge >= 0.3 is 6.09 Å². The summed E-state index contributed by atoms with van der Waals surface area (Å²) in [4.78, 5) is 13.6. The van der Waals surface area contributed by atoms with E-state index in [1.54, 1.807) is 0 Å². The zero-order valence-corrected chi connectivity index (χ0v) is 12.4. The Morgan fingerprint density at radius 3 is 2.45 bits per heavy atom. The molecule has 112 valence electrons. The number of aliphatic hydroxyl groups excluding tert-OH is 1. The van der Waals surface area contributed by atoms with E-state index in [1.165, 1.54) is 4.90 Å². The highest BCUT2D eigenvalue weighted by atomic mass is 16.6. The van der Waals surface area contributed by atoms with E-state index in [9.17, 15) is 9.90 Å². The van der Waals surface area contributed by atoms with Gasteiger partial charge in [0.15, 0.2) is 0 Å². The molecule has 20 heavy (non-hydrogen) atoms. The molecule has 5 heteroatoms. The molecular weight excluding hydrogens is 256 g/mol. The highest BCUT2D eigenvalue weighted by Crippen LogP contribution is 2.13. The van der Waals surface area contributed by atoms with Gasteiger partial charge in [0.2, 0.25) is 0 Å². The zero-order chi connectivity index (χ0) is 15.2. The number of nitrogens with two attached hydrogens (primary N) is 1. The van der Waals surface area contributed by atoms with E-state index in [4.69, 9.17) is 10.5 Å². The third kappa shape index (κ3) is 6.04. The number of carbonyl (C=O) groups is 1. The highest BCUT2D eigenvalue weighted by Gasteiger charge is 2.23. The van der Waals surface area contributed by atoms with Gasteiger partial charge in [0.25, 0.3) is 0 Å². The van der Waals surface area contributed by atoms with Gasteiger partial charge < -0.3 is 20.5 Å². The second-order valence-corrected chi connectivity index (χ2v) is 5.74. The fourth-order valence-electron chi connectivity index (χ4n) is 1.66. The van der Waals surface area contributed by atoms with Crippen LogP contribution in [-0.2, 0) is 11.3 Å².